The van der Waals surface area contributed by atoms with Crippen LogP contribution in [0.15, 0.2) is 79.9 Å². The number of hydrogen-bond donors (Lipinski definition) is 2. The molecule has 8 atom stereocenters. The molecule has 274 valence electrons. The predicted octanol–water partition coefficient (Wildman–Crippen LogP) is 4.55. The van der Waals surface area contributed by atoms with Gasteiger partial charge in [0, 0.05) is 42.3 Å². The number of hydrogen-bond acceptors (Lipinski definition) is 8. The molecular weight excluding hydrogens is 716 g/mol. The molecule has 3 heterocycles. The van der Waals surface area contributed by atoms with Crippen LogP contribution in [0.5, 0.6) is 0 Å². The Hall–Kier alpha value is -4.00. The number of ether oxygens (including phenoxy) is 2. The number of aliphatic hydroxyl groups is 1. The number of amides is 3. The first-order valence-electron chi connectivity index (χ1n) is 17.7. The number of rotatable bonds is 17. The molecule has 5 rings (SSSR count). The van der Waals surface area contributed by atoms with E-state index in [1.54, 1.807) is 36.1 Å². The number of benzene rings is 2. The van der Waals surface area contributed by atoms with E-state index < -0.39 is 66.1 Å². The maximum atomic E-state index is 15.1. The highest BCUT2D eigenvalue weighted by Crippen LogP contribution is 2.61. The zero-order valence-corrected chi connectivity index (χ0v) is 31.2. The van der Waals surface area contributed by atoms with E-state index in [-0.39, 0.29) is 36.7 Å². The largest absolute Gasteiger partial charge is 0.460 e. The number of likely N-dealkylation sites (tertiary alicyclic amines) is 1. The number of esters is 1. The average Bonchev–Trinajstić information content (AvgIpc) is 3.73. The Morgan fingerprint density at radius 3 is 2.37 bits per heavy atom. The van der Waals surface area contributed by atoms with E-state index >= 15 is 4.79 Å². The topological polar surface area (TPSA) is 129 Å². The molecule has 2 N–H and O–H groups in total. The van der Waals surface area contributed by atoms with Gasteiger partial charge in [-0.1, -0.05) is 58.4 Å². The van der Waals surface area contributed by atoms with Crippen molar-refractivity contribution >= 4 is 51.0 Å². The molecule has 3 aliphatic rings. The molecule has 3 aliphatic heterocycles. The smallest absolute Gasteiger partial charge is 0.312 e. The first-order valence-corrected chi connectivity index (χ1v) is 18.6. The molecule has 11 nitrogen and oxygen atoms in total. The minimum atomic E-state index is -1.39. The molecule has 3 amide bonds. The number of carbonyl (C=O) groups is 4. The van der Waals surface area contributed by atoms with Gasteiger partial charge in [-0.2, -0.15) is 0 Å². The van der Waals surface area contributed by atoms with Crippen molar-refractivity contribution in [3.63, 3.8) is 0 Å². The second kappa shape index (κ2) is 16.6. The summed E-state index contributed by atoms with van der Waals surface area (Å²) >= 11 is 3.72. The number of halogens is 1. The van der Waals surface area contributed by atoms with E-state index in [4.69, 9.17) is 9.47 Å². The summed E-state index contributed by atoms with van der Waals surface area (Å²) in [6, 6.07) is 14.7. The Labute approximate surface area is 308 Å². The van der Waals surface area contributed by atoms with Crippen LogP contribution < -0.4 is 15.1 Å². The number of alkyl halides is 1. The second-order valence-corrected chi connectivity index (χ2v) is 14.5. The van der Waals surface area contributed by atoms with Gasteiger partial charge in [-0.3, -0.25) is 19.2 Å². The molecule has 3 saturated heterocycles. The predicted molar refractivity (Wildman–Crippen MR) is 199 cm³/mol. The maximum Gasteiger partial charge on any atom is 0.312 e. The zero-order chi connectivity index (χ0) is 36.9. The SMILES string of the molecule is C=CCCC(=O)NC[C@H](C)OC(=O)[C@H]1[C@@H]2O[C@@]3(CC2Br)[C@@H]1C(=O)N([C@H](CO)c1ccccc1)[C@@H]3C(=O)N(CC=C)c1ccc(N(CC)CC)cc1. The summed E-state index contributed by atoms with van der Waals surface area (Å²) in [4.78, 5) is 61.0. The molecule has 3 fully saturated rings. The van der Waals surface area contributed by atoms with Crippen molar-refractivity contribution in [1.29, 1.82) is 0 Å². The first-order chi connectivity index (χ1) is 24.6. The summed E-state index contributed by atoms with van der Waals surface area (Å²) in [5.74, 6) is -3.75. The van der Waals surface area contributed by atoms with Crippen molar-refractivity contribution in [1.82, 2.24) is 10.2 Å². The Morgan fingerprint density at radius 1 is 1.10 bits per heavy atom. The molecule has 0 aliphatic carbocycles. The number of fused-ring (bicyclic) bond motifs is 1. The summed E-state index contributed by atoms with van der Waals surface area (Å²) in [5.41, 5.74) is 0.890. The van der Waals surface area contributed by atoms with Crippen LogP contribution in [-0.4, -0.2) is 95.2 Å². The zero-order valence-electron chi connectivity index (χ0n) is 29.6. The van der Waals surface area contributed by atoms with Crippen molar-refractivity contribution in [3.8, 4) is 0 Å². The molecular formula is C39H49BrN4O7. The van der Waals surface area contributed by atoms with Crippen molar-refractivity contribution in [3.05, 3.63) is 85.5 Å². The van der Waals surface area contributed by atoms with Gasteiger partial charge in [-0.05, 0) is 63.4 Å². The van der Waals surface area contributed by atoms with Gasteiger partial charge in [0.05, 0.1) is 37.1 Å². The molecule has 51 heavy (non-hydrogen) atoms. The monoisotopic (exact) mass is 764 g/mol. The lowest BCUT2D eigenvalue weighted by atomic mass is 9.70. The number of nitrogens with zero attached hydrogens (tertiary/aromatic N) is 3. The maximum absolute atomic E-state index is 15.1. The van der Waals surface area contributed by atoms with Gasteiger partial charge < -0.3 is 34.6 Å². The van der Waals surface area contributed by atoms with Gasteiger partial charge in [-0.25, -0.2) is 0 Å². The summed E-state index contributed by atoms with van der Waals surface area (Å²) in [5, 5.41) is 13.6. The molecule has 2 aromatic carbocycles. The van der Waals surface area contributed by atoms with Crippen LogP contribution in [-0.2, 0) is 28.7 Å². The summed E-state index contributed by atoms with van der Waals surface area (Å²) in [6.45, 7) is 14.8. The van der Waals surface area contributed by atoms with Crippen LogP contribution in [0.2, 0.25) is 0 Å². The first kappa shape index (κ1) is 38.2. The summed E-state index contributed by atoms with van der Waals surface area (Å²) < 4.78 is 12.6. The number of carbonyl (C=O) groups excluding carboxylic acids is 4. The standard InChI is InChI=1S/C39H49BrN4O7/c1-6-10-16-31(46)41-23-25(5)50-38(49)32-33-36(47)44(30(24-45)26-14-12-11-13-15-26)35(39(33)22-29(40)34(32)51-39)37(48)43(21-7-2)28-19-17-27(18-20-28)42(8-3)9-4/h6-7,11-15,17-20,25,29-30,32-35,45H,1-2,8-10,16,21-24H2,3-5H3,(H,41,46)/t25-,29?,30+,32+,33-,34+,35+,39-/m0/s1. The second-order valence-electron chi connectivity index (χ2n) is 13.3. The molecule has 0 radical (unpaired) electrons. The van der Waals surface area contributed by atoms with Crippen LogP contribution in [0.3, 0.4) is 0 Å². The lowest BCUT2D eigenvalue weighted by molar-refractivity contribution is -0.159. The Balaban J connectivity index is 1.52. The van der Waals surface area contributed by atoms with E-state index in [2.05, 4.69) is 53.2 Å². The Bertz CT molecular complexity index is 1590. The average molecular weight is 766 g/mol. The van der Waals surface area contributed by atoms with E-state index in [0.29, 0.717) is 17.7 Å². The number of aliphatic hydroxyl groups excluding tert-OH is 1. The normalized spacial score (nSPS) is 25.9. The molecule has 1 spiro atoms. The van der Waals surface area contributed by atoms with Crippen LogP contribution in [0.4, 0.5) is 11.4 Å². The van der Waals surface area contributed by atoms with Gasteiger partial charge in [0.15, 0.2) is 0 Å². The molecule has 2 aromatic rings. The molecule has 0 aromatic heterocycles. The molecule has 12 heteroatoms. The van der Waals surface area contributed by atoms with Crippen molar-refractivity contribution in [2.45, 2.75) is 74.8 Å². The molecule has 2 bridgehead atoms. The Morgan fingerprint density at radius 2 is 1.76 bits per heavy atom. The highest BCUT2D eigenvalue weighted by Gasteiger charge is 2.77. The van der Waals surface area contributed by atoms with Crippen molar-refractivity contribution < 1.29 is 33.8 Å². The van der Waals surface area contributed by atoms with Gasteiger partial charge >= 0.3 is 5.97 Å². The highest BCUT2D eigenvalue weighted by molar-refractivity contribution is 9.09. The fourth-order valence-corrected chi connectivity index (χ4v) is 8.85. The minimum absolute atomic E-state index is 0.0961. The molecule has 1 unspecified atom stereocenters. The van der Waals surface area contributed by atoms with Crippen molar-refractivity contribution in [2.75, 3.05) is 42.6 Å². The van der Waals surface area contributed by atoms with E-state index in [0.717, 1.165) is 18.8 Å². The van der Waals surface area contributed by atoms with Crippen LogP contribution in [0.1, 0.15) is 51.6 Å². The third kappa shape index (κ3) is 7.36. The minimum Gasteiger partial charge on any atom is -0.460 e. The van der Waals surface area contributed by atoms with Gasteiger partial charge in [0.1, 0.15) is 17.7 Å². The third-order valence-corrected chi connectivity index (χ3v) is 11.1. The van der Waals surface area contributed by atoms with Crippen LogP contribution in [0.25, 0.3) is 0 Å². The highest BCUT2D eigenvalue weighted by atomic mass is 79.9. The summed E-state index contributed by atoms with van der Waals surface area (Å²) in [6.07, 6.45) is 2.96. The Kier molecular flexibility index (Phi) is 12.4. The van der Waals surface area contributed by atoms with Gasteiger partial charge in [-0.15, -0.1) is 13.2 Å². The van der Waals surface area contributed by atoms with E-state index in [1.807, 2.05) is 42.5 Å². The molecule has 0 saturated carbocycles. The van der Waals surface area contributed by atoms with Crippen LogP contribution in [0, 0.1) is 11.8 Å². The summed E-state index contributed by atoms with van der Waals surface area (Å²) in [7, 11) is 0. The van der Waals surface area contributed by atoms with Gasteiger partial charge in [0.25, 0.3) is 5.91 Å². The quantitative estimate of drug-likeness (QED) is 0.137. The lowest BCUT2D eigenvalue weighted by Crippen LogP contribution is -2.57. The number of nitrogens with one attached hydrogen (secondary N) is 1. The van der Waals surface area contributed by atoms with E-state index in [9.17, 15) is 19.5 Å². The van der Waals surface area contributed by atoms with E-state index in [1.165, 1.54) is 4.90 Å². The fourth-order valence-electron chi connectivity index (χ4n) is 7.91. The lowest BCUT2D eigenvalue weighted by Gasteiger charge is -2.39. The van der Waals surface area contributed by atoms with Crippen LogP contribution >= 0.6 is 15.9 Å². The van der Waals surface area contributed by atoms with Crippen molar-refractivity contribution in [2.24, 2.45) is 11.8 Å². The number of allylic oxidation sites excluding steroid dienone is 1. The third-order valence-electron chi connectivity index (χ3n) is 10.3. The fraction of sp³-hybridized carbons (Fsp3) is 0.487. The number of anilines is 2. The van der Waals surface area contributed by atoms with Gasteiger partial charge in [0.2, 0.25) is 11.8 Å².